The van der Waals surface area contributed by atoms with E-state index in [1.54, 1.807) is 37.2 Å². The van der Waals surface area contributed by atoms with Gasteiger partial charge in [0.25, 0.3) is 0 Å². The van der Waals surface area contributed by atoms with Crippen LogP contribution in [0, 0.1) is 12.3 Å². The second-order valence-electron chi connectivity index (χ2n) is 7.28. The van der Waals surface area contributed by atoms with E-state index in [1.807, 2.05) is 36.1 Å². The quantitative estimate of drug-likeness (QED) is 0.838. The molecule has 1 aliphatic rings. The minimum absolute atomic E-state index is 0.165. The molecule has 142 valence electrons. The van der Waals surface area contributed by atoms with Crippen molar-refractivity contribution in [3.8, 4) is 0 Å². The predicted octanol–water partition coefficient (Wildman–Crippen LogP) is 2.10. The van der Waals surface area contributed by atoms with Crippen molar-refractivity contribution in [2.24, 2.45) is 5.41 Å². The number of benzene rings is 1. The maximum Gasteiger partial charge on any atom is 0.239 e. The van der Waals surface area contributed by atoms with E-state index in [-0.39, 0.29) is 11.8 Å². The summed E-state index contributed by atoms with van der Waals surface area (Å²) in [4.78, 5) is 38.0. The molecular weight excluding hydrogens is 342 g/mol. The molecule has 0 unspecified atom stereocenters. The van der Waals surface area contributed by atoms with Crippen LogP contribution in [0.1, 0.15) is 19.4 Å². The number of nitrogens with one attached hydrogen (secondary N) is 1. The van der Waals surface area contributed by atoms with E-state index in [0.29, 0.717) is 37.8 Å². The zero-order valence-electron chi connectivity index (χ0n) is 16.0. The molecule has 0 radical (unpaired) electrons. The monoisotopic (exact) mass is 367 g/mol. The Bertz CT molecular complexity index is 814. The average molecular weight is 367 g/mol. The molecule has 0 saturated carbocycles. The van der Waals surface area contributed by atoms with Gasteiger partial charge in [0, 0.05) is 44.3 Å². The van der Waals surface area contributed by atoms with Crippen LogP contribution in [0.4, 0.5) is 11.6 Å². The number of amides is 2. The highest BCUT2D eigenvalue weighted by atomic mass is 16.2. The summed E-state index contributed by atoms with van der Waals surface area (Å²) < 4.78 is 0. The number of carbonyl (C=O) groups is 2. The van der Waals surface area contributed by atoms with Gasteiger partial charge in [-0.25, -0.2) is 9.97 Å². The van der Waals surface area contributed by atoms with Gasteiger partial charge in [-0.15, -0.1) is 0 Å². The summed E-state index contributed by atoms with van der Waals surface area (Å²) in [6, 6.07) is 9.33. The lowest BCUT2D eigenvalue weighted by atomic mass is 9.89. The number of hydrogen-bond donors (Lipinski definition) is 1. The third-order valence-electron chi connectivity index (χ3n) is 4.78. The molecule has 1 N–H and O–H groups in total. The molecule has 2 aromatic rings. The van der Waals surface area contributed by atoms with Crippen molar-refractivity contribution >= 4 is 23.5 Å². The SMILES string of the molecule is Cc1cccc(NC(=O)C(C)(C)C(=O)N2CCN(c3ncccn3)CC2)c1. The maximum atomic E-state index is 13.0. The number of carbonyl (C=O) groups excluding carboxylic acids is 2. The molecule has 7 nitrogen and oxygen atoms in total. The van der Waals surface area contributed by atoms with E-state index in [9.17, 15) is 9.59 Å². The molecule has 3 rings (SSSR count). The summed E-state index contributed by atoms with van der Waals surface area (Å²) in [5.41, 5.74) is 0.609. The fraction of sp³-hybridized carbons (Fsp3) is 0.400. The molecule has 0 bridgehead atoms. The number of aryl methyl sites for hydroxylation is 1. The Labute approximate surface area is 159 Å². The Balaban J connectivity index is 1.61. The van der Waals surface area contributed by atoms with E-state index in [1.165, 1.54) is 0 Å². The topological polar surface area (TPSA) is 78.4 Å². The van der Waals surface area contributed by atoms with Crippen LogP contribution in [0.2, 0.25) is 0 Å². The zero-order chi connectivity index (χ0) is 19.4. The van der Waals surface area contributed by atoms with Crippen LogP contribution in [-0.4, -0.2) is 52.9 Å². The van der Waals surface area contributed by atoms with E-state index in [2.05, 4.69) is 15.3 Å². The van der Waals surface area contributed by atoms with Gasteiger partial charge in [-0.1, -0.05) is 12.1 Å². The van der Waals surface area contributed by atoms with Gasteiger partial charge < -0.3 is 15.1 Å². The molecule has 1 fully saturated rings. The lowest BCUT2D eigenvalue weighted by Crippen LogP contribution is -2.54. The van der Waals surface area contributed by atoms with E-state index in [0.717, 1.165) is 5.56 Å². The fourth-order valence-electron chi connectivity index (χ4n) is 3.07. The first-order valence-electron chi connectivity index (χ1n) is 9.07. The van der Waals surface area contributed by atoms with E-state index < -0.39 is 5.41 Å². The number of piperazine rings is 1. The first kappa shape index (κ1) is 18.8. The minimum atomic E-state index is -1.14. The van der Waals surface area contributed by atoms with E-state index in [4.69, 9.17) is 0 Å². The van der Waals surface area contributed by atoms with Crippen molar-refractivity contribution in [1.29, 1.82) is 0 Å². The van der Waals surface area contributed by atoms with Gasteiger partial charge in [-0.05, 0) is 44.5 Å². The summed E-state index contributed by atoms with van der Waals surface area (Å²) in [5, 5.41) is 2.86. The van der Waals surface area contributed by atoms with Crippen molar-refractivity contribution in [2.75, 3.05) is 36.4 Å². The van der Waals surface area contributed by atoms with Gasteiger partial charge in [0.2, 0.25) is 17.8 Å². The molecule has 7 heteroatoms. The van der Waals surface area contributed by atoms with Gasteiger partial charge in [0.15, 0.2) is 0 Å². The number of anilines is 2. The van der Waals surface area contributed by atoms with E-state index >= 15 is 0 Å². The summed E-state index contributed by atoms with van der Waals surface area (Å²) in [7, 11) is 0. The molecule has 0 aliphatic carbocycles. The van der Waals surface area contributed by atoms with Crippen LogP contribution in [-0.2, 0) is 9.59 Å². The summed E-state index contributed by atoms with van der Waals surface area (Å²) >= 11 is 0. The highest BCUT2D eigenvalue weighted by molar-refractivity contribution is 6.09. The van der Waals surface area contributed by atoms with Crippen LogP contribution in [0.3, 0.4) is 0 Å². The van der Waals surface area contributed by atoms with Crippen LogP contribution in [0.25, 0.3) is 0 Å². The number of nitrogens with zero attached hydrogens (tertiary/aromatic N) is 4. The Kier molecular flexibility index (Phi) is 5.39. The lowest BCUT2D eigenvalue weighted by Gasteiger charge is -2.38. The minimum Gasteiger partial charge on any atom is -0.338 e. The average Bonchev–Trinajstić information content (AvgIpc) is 2.68. The summed E-state index contributed by atoms with van der Waals surface area (Å²) in [6.45, 7) is 7.68. The second kappa shape index (κ2) is 7.73. The van der Waals surface area contributed by atoms with Gasteiger partial charge in [0.05, 0.1) is 0 Å². The Hall–Kier alpha value is -2.96. The van der Waals surface area contributed by atoms with Crippen LogP contribution >= 0.6 is 0 Å². The molecule has 1 aliphatic heterocycles. The molecule has 2 heterocycles. The molecule has 1 aromatic carbocycles. The van der Waals surface area contributed by atoms with Crippen molar-refractivity contribution in [1.82, 2.24) is 14.9 Å². The predicted molar refractivity (Wildman–Crippen MR) is 104 cm³/mol. The summed E-state index contributed by atoms with van der Waals surface area (Å²) in [5.74, 6) is 0.203. The molecule has 0 atom stereocenters. The van der Waals surface area contributed by atoms with Crippen molar-refractivity contribution < 1.29 is 9.59 Å². The van der Waals surface area contributed by atoms with Crippen molar-refractivity contribution in [3.05, 3.63) is 48.3 Å². The number of aromatic nitrogens is 2. The summed E-state index contributed by atoms with van der Waals surface area (Å²) in [6.07, 6.45) is 3.41. The molecular formula is C20H25N5O2. The lowest BCUT2D eigenvalue weighted by molar-refractivity contribution is -0.146. The molecule has 0 spiro atoms. The first-order valence-corrected chi connectivity index (χ1v) is 9.07. The zero-order valence-corrected chi connectivity index (χ0v) is 16.0. The van der Waals surface area contributed by atoms with Crippen LogP contribution in [0.15, 0.2) is 42.7 Å². The smallest absolute Gasteiger partial charge is 0.239 e. The standard InChI is InChI=1S/C20H25N5O2/c1-15-6-4-7-16(14-15)23-17(26)20(2,3)18(27)24-10-12-25(13-11-24)19-21-8-5-9-22-19/h4-9,14H,10-13H2,1-3H3,(H,23,26). The fourth-order valence-corrected chi connectivity index (χ4v) is 3.07. The van der Waals surface area contributed by atoms with Gasteiger partial charge in [-0.2, -0.15) is 0 Å². The van der Waals surface area contributed by atoms with Gasteiger partial charge in [0.1, 0.15) is 5.41 Å². The molecule has 1 saturated heterocycles. The Morgan fingerprint density at radius 1 is 1.04 bits per heavy atom. The molecule has 2 amide bonds. The van der Waals surface area contributed by atoms with Crippen molar-refractivity contribution in [2.45, 2.75) is 20.8 Å². The van der Waals surface area contributed by atoms with Crippen molar-refractivity contribution in [3.63, 3.8) is 0 Å². The largest absolute Gasteiger partial charge is 0.338 e. The highest BCUT2D eigenvalue weighted by Gasteiger charge is 2.40. The Morgan fingerprint density at radius 3 is 2.33 bits per heavy atom. The molecule has 1 aromatic heterocycles. The maximum absolute atomic E-state index is 13.0. The Morgan fingerprint density at radius 2 is 1.70 bits per heavy atom. The first-order chi connectivity index (χ1) is 12.9. The third-order valence-corrected chi connectivity index (χ3v) is 4.78. The number of rotatable bonds is 4. The highest BCUT2D eigenvalue weighted by Crippen LogP contribution is 2.23. The third kappa shape index (κ3) is 4.24. The normalized spacial score (nSPS) is 14.8. The van der Waals surface area contributed by atoms with Gasteiger partial charge in [-0.3, -0.25) is 9.59 Å². The van der Waals surface area contributed by atoms with Crippen LogP contribution < -0.4 is 10.2 Å². The van der Waals surface area contributed by atoms with Crippen LogP contribution in [0.5, 0.6) is 0 Å². The number of hydrogen-bond acceptors (Lipinski definition) is 5. The second-order valence-corrected chi connectivity index (χ2v) is 7.28. The van der Waals surface area contributed by atoms with Gasteiger partial charge >= 0.3 is 0 Å². The molecule has 27 heavy (non-hydrogen) atoms.